The molecule has 4 unspecified atom stereocenters. The molecule has 0 amide bonds. The molecule has 0 aromatic carbocycles. The fourth-order valence-electron chi connectivity index (χ4n) is 15.6. The molecule has 14 heteroatoms. The SMILES string of the molecule is CC1=NC(C)=C(C(=O)OC2CC(C)(C)N(C)C(C)(C)C2)C(CCCCCCC2C(C(=O)OC3CC(C)(C)N(C)C(C)(C)C3)=C(C)N=C(C)C2C(=O)OC2CC(C)(C)N(C)C(C)(C)C2)C1C(=O)OC1CC(C)(C)N(C)C(C)(C)C1. The second kappa shape index (κ2) is 22.7. The molecular weight excluding hydrogens is 981 g/mol. The van der Waals surface area contributed by atoms with Crippen LogP contribution in [0.25, 0.3) is 0 Å². The van der Waals surface area contributed by atoms with Crippen molar-refractivity contribution in [3.8, 4) is 0 Å². The zero-order chi connectivity index (χ0) is 58.8. The minimum Gasteiger partial charge on any atom is -0.462 e. The maximum absolute atomic E-state index is 14.8. The summed E-state index contributed by atoms with van der Waals surface area (Å²) in [6.07, 6.45) is 8.47. The summed E-state index contributed by atoms with van der Waals surface area (Å²) in [5, 5.41) is 0. The Labute approximate surface area is 472 Å². The van der Waals surface area contributed by atoms with E-state index in [9.17, 15) is 19.2 Å². The molecule has 0 aliphatic carbocycles. The van der Waals surface area contributed by atoms with Gasteiger partial charge in [0.1, 0.15) is 36.3 Å². The van der Waals surface area contributed by atoms with Crippen LogP contribution in [0.5, 0.6) is 0 Å². The molecular formula is C64H108N6O8. The van der Waals surface area contributed by atoms with E-state index in [1.165, 1.54) is 0 Å². The van der Waals surface area contributed by atoms with Gasteiger partial charge < -0.3 is 18.9 Å². The van der Waals surface area contributed by atoms with E-state index in [4.69, 9.17) is 28.9 Å². The van der Waals surface area contributed by atoms with E-state index in [0.717, 1.165) is 25.7 Å². The summed E-state index contributed by atoms with van der Waals surface area (Å²) in [6, 6.07) is 0. The van der Waals surface area contributed by atoms with Crippen LogP contribution >= 0.6 is 0 Å². The number of ether oxygens (including phenoxy) is 4. The highest BCUT2D eigenvalue weighted by Crippen LogP contribution is 2.46. The molecule has 6 heterocycles. The minimum atomic E-state index is -0.744. The largest absolute Gasteiger partial charge is 0.462 e. The van der Waals surface area contributed by atoms with Crippen molar-refractivity contribution in [1.82, 2.24) is 19.6 Å². The van der Waals surface area contributed by atoms with Gasteiger partial charge in [0.25, 0.3) is 0 Å². The fraction of sp³-hybridized carbons (Fsp3) is 0.844. The van der Waals surface area contributed by atoms with Gasteiger partial charge in [-0.05, 0) is 180 Å². The highest BCUT2D eigenvalue weighted by molar-refractivity contribution is 6.06. The van der Waals surface area contributed by atoms with E-state index in [2.05, 4.69) is 159 Å². The van der Waals surface area contributed by atoms with Gasteiger partial charge in [-0.25, -0.2) is 9.59 Å². The number of allylic oxidation sites excluding steroid dienone is 2. The number of carbonyl (C=O) groups excluding carboxylic acids is 4. The Morgan fingerprint density at radius 3 is 0.833 bits per heavy atom. The van der Waals surface area contributed by atoms with Crippen LogP contribution in [0.4, 0.5) is 0 Å². The first kappa shape index (κ1) is 63.7. The molecule has 0 N–H and O–H groups in total. The van der Waals surface area contributed by atoms with Gasteiger partial charge in [0, 0.05) is 130 Å². The standard InChI is InChI=1S/C64H108N6O8/c1-39-49(53(71)75-43-31-57(5,6)67(21)58(7,8)32-43)47(50(40(2)65-39)54(72)76-44-33-59(9,10)68(22)60(11,12)34-44)29-27-25-26-28-30-48-51(55(73)77-45-35-61(13,14)69(23)62(15,16)36-45)41(3)66-42(4)52(48)56(74)78-46-37-63(17,18)70(24)64(19,20)38-46/h43-49,51H,25-38H2,1-24H3. The summed E-state index contributed by atoms with van der Waals surface area (Å²) in [4.78, 5) is 78.5. The van der Waals surface area contributed by atoms with Crippen LogP contribution in [0.1, 0.15) is 228 Å². The molecule has 4 atom stereocenters. The number of aliphatic imine (C=N–C) groups is 2. The monoisotopic (exact) mass is 1090 g/mol. The fourth-order valence-corrected chi connectivity index (χ4v) is 15.6. The van der Waals surface area contributed by atoms with Crippen molar-refractivity contribution < 1.29 is 38.1 Å². The number of hydrogen-bond acceptors (Lipinski definition) is 14. The van der Waals surface area contributed by atoms with E-state index in [1.807, 2.05) is 27.7 Å². The number of likely N-dealkylation sites (tertiary alicyclic amines) is 4. The molecule has 6 rings (SSSR count). The quantitative estimate of drug-likeness (QED) is 0.0875. The number of piperidine rings is 4. The molecule has 78 heavy (non-hydrogen) atoms. The molecule has 0 radical (unpaired) electrons. The third-order valence-electron chi connectivity index (χ3n) is 20.8. The molecule has 0 aromatic heterocycles. The van der Waals surface area contributed by atoms with Crippen molar-refractivity contribution >= 4 is 35.3 Å². The number of carbonyl (C=O) groups is 4. The van der Waals surface area contributed by atoms with Crippen molar-refractivity contribution in [3.05, 3.63) is 22.5 Å². The number of esters is 4. The summed E-state index contributed by atoms with van der Waals surface area (Å²) in [7, 11) is 8.56. The Kier molecular flexibility index (Phi) is 18.6. The minimum absolute atomic E-state index is 0.190. The van der Waals surface area contributed by atoms with E-state index >= 15 is 0 Å². The zero-order valence-electron chi connectivity index (χ0n) is 53.5. The summed E-state index contributed by atoms with van der Waals surface area (Å²) in [5.74, 6) is -3.95. The Balaban J connectivity index is 1.24. The van der Waals surface area contributed by atoms with Gasteiger partial charge in [0.05, 0.1) is 11.1 Å². The van der Waals surface area contributed by atoms with Gasteiger partial charge in [0.2, 0.25) is 0 Å². The lowest BCUT2D eigenvalue weighted by molar-refractivity contribution is -0.165. The Hall–Kier alpha value is -3.46. The zero-order valence-corrected chi connectivity index (χ0v) is 53.5. The molecule has 6 aliphatic heterocycles. The molecule has 0 bridgehead atoms. The number of unbranched alkanes of at least 4 members (excludes halogenated alkanes) is 3. The van der Waals surface area contributed by atoms with Crippen molar-refractivity contribution in [1.29, 1.82) is 0 Å². The summed E-state index contributed by atoms with van der Waals surface area (Å²) < 4.78 is 26.1. The third-order valence-corrected chi connectivity index (χ3v) is 20.8. The smallest absolute Gasteiger partial charge is 0.336 e. The molecule has 4 fully saturated rings. The first-order valence-electron chi connectivity index (χ1n) is 29.9. The highest BCUT2D eigenvalue weighted by atomic mass is 16.6. The van der Waals surface area contributed by atoms with Crippen LogP contribution in [-0.4, -0.2) is 152 Å². The second-order valence-electron chi connectivity index (χ2n) is 30.2. The normalized spacial score (nSPS) is 29.8. The molecule has 14 nitrogen and oxygen atoms in total. The predicted molar refractivity (Wildman–Crippen MR) is 313 cm³/mol. The van der Waals surface area contributed by atoms with Crippen molar-refractivity contribution in [2.75, 3.05) is 28.2 Å². The van der Waals surface area contributed by atoms with Gasteiger partial charge in [-0.3, -0.25) is 39.2 Å². The Bertz CT molecular complexity index is 2170. The molecule has 442 valence electrons. The lowest BCUT2D eigenvalue weighted by Gasteiger charge is -2.53. The van der Waals surface area contributed by atoms with E-state index in [-0.39, 0.29) is 80.7 Å². The lowest BCUT2D eigenvalue weighted by atomic mass is 9.75. The van der Waals surface area contributed by atoms with Crippen molar-refractivity contribution in [2.24, 2.45) is 33.7 Å². The van der Waals surface area contributed by atoms with Crippen LogP contribution in [0.2, 0.25) is 0 Å². The average molecular weight is 1090 g/mol. The summed E-state index contributed by atoms with van der Waals surface area (Å²) >= 11 is 0. The Morgan fingerprint density at radius 1 is 0.385 bits per heavy atom. The van der Waals surface area contributed by atoms with Crippen molar-refractivity contribution in [3.63, 3.8) is 0 Å². The molecule has 0 aromatic rings. The summed E-state index contributed by atoms with van der Waals surface area (Å²) in [5.41, 5.74) is 1.89. The van der Waals surface area contributed by atoms with E-state index in [0.29, 0.717) is 98.2 Å². The van der Waals surface area contributed by atoms with E-state index in [1.54, 1.807) is 0 Å². The first-order chi connectivity index (χ1) is 35.5. The first-order valence-corrected chi connectivity index (χ1v) is 29.9. The number of rotatable bonds is 15. The summed E-state index contributed by atoms with van der Waals surface area (Å²) in [6.45, 7) is 42.7. The Morgan fingerprint density at radius 2 is 0.603 bits per heavy atom. The van der Waals surface area contributed by atoms with Crippen LogP contribution in [0.15, 0.2) is 32.5 Å². The topological polar surface area (TPSA) is 143 Å². The molecule has 0 saturated carbocycles. The molecule has 6 aliphatic rings. The second-order valence-corrected chi connectivity index (χ2v) is 30.2. The maximum atomic E-state index is 14.8. The van der Waals surface area contributed by atoms with E-state index < -0.39 is 35.6 Å². The number of nitrogens with zero attached hydrogens (tertiary/aromatic N) is 6. The average Bonchev–Trinajstić information content (AvgIpc) is 3.26. The van der Waals surface area contributed by atoms with Crippen LogP contribution in [-0.2, 0) is 38.1 Å². The highest BCUT2D eigenvalue weighted by Gasteiger charge is 2.52. The van der Waals surface area contributed by atoms with Gasteiger partial charge in [-0.15, -0.1) is 0 Å². The third kappa shape index (κ3) is 13.5. The van der Waals surface area contributed by atoms with Gasteiger partial charge in [-0.2, -0.15) is 0 Å². The lowest BCUT2D eigenvalue weighted by Crippen LogP contribution is -2.60. The van der Waals surface area contributed by atoms with Crippen molar-refractivity contribution in [2.45, 2.75) is 297 Å². The number of hydrogen-bond donors (Lipinski definition) is 0. The predicted octanol–water partition coefficient (Wildman–Crippen LogP) is 12.1. The maximum Gasteiger partial charge on any atom is 0.336 e. The molecule has 4 saturated heterocycles. The van der Waals surface area contributed by atoms with Gasteiger partial charge in [-0.1, -0.05) is 25.7 Å². The van der Waals surface area contributed by atoms with Crippen LogP contribution in [0.3, 0.4) is 0 Å². The molecule has 0 spiro atoms. The van der Waals surface area contributed by atoms with Gasteiger partial charge >= 0.3 is 23.9 Å². The van der Waals surface area contributed by atoms with Gasteiger partial charge in [0.15, 0.2) is 0 Å². The van der Waals surface area contributed by atoms with Crippen LogP contribution in [0, 0.1) is 23.7 Å². The van der Waals surface area contributed by atoms with Crippen LogP contribution < -0.4 is 0 Å².